The Kier molecular flexibility index (Phi) is 7.42. The number of Topliss-reactive ketones (excluding diaryl/α,β-unsaturated/α-hetero) is 1. The van der Waals surface area contributed by atoms with Crippen molar-refractivity contribution in [2.24, 2.45) is 39.4 Å². The van der Waals surface area contributed by atoms with Crippen LogP contribution in [-0.2, 0) is 42.9 Å². The fourth-order valence-electron chi connectivity index (χ4n) is 11.6. The molecule has 0 radical (unpaired) electrons. The predicted octanol–water partition coefficient (Wildman–Crippen LogP) is 2.03. The van der Waals surface area contributed by atoms with Gasteiger partial charge in [0.15, 0.2) is 18.0 Å². The van der Waals surface area contributed by atoms with Crippen molar-refractivity contribution in [3.05, 3.63) is 24.2 Å². The fraction of sp³-hybridized carbons (Fsp3) is 0.771. The zero-order chi connectivity index (χ0) is 34.9. The van der Waals surface area contributed by atoms with Crippen molar-refractivity contribution < 1.29 is 62.6 Å². The molecule has 4 saturated carbocycles. The minimum atomic E-state index is -1.66. The Hall–Kier alpha value is -2.84. The number of ether oxygens (including phenoxy) is 5. The molecule has 2 bridgehead atoms. The number of esters is 3. The SMILES string of the molecule is CC[C@H](C)C(=O)O[C@@H]1OC[C@@]23[C@H]4C(=O)[C@H](O)[C@@]5(C)[C@H](c6ccoc6)C[C@H]6O[C@]65[C@]4(C)[C@H](O)C[C@H]2[C@]1(C)[C@H](OC(C)=O)[C@H](OC(C)=O)[C@@H]3O. The third-order valence-corrected chi connectivity index (χ3v) is 13.9. The van der Waals surface area contributed by atoms with Crippen LogP contribution < -0.4 is 0 Å². The first-order valence-electron chi connectivity index (χ1n) is 16.9. The fourth-order valence-corrected chi connectivity index (χ4v) is 11.6. The Morgan fingerprint density at radius 2 is 1.71 bits per heavy atom. The van der Waals surface area contributed by atoms with Crippen LogP contribution in [0.4, 0.5) is 0 Å². The first-order chi connectivity index (χ1) is 22.5. The van der Waals surface area contributed by atoms with E-state index in [0.717, 1.165) is 12.5 Å². The number of epoxide rings is 1. The van der Waals surface area contributed by atoms with Crippen LogP contribution in [0.1, 0.15) is 79.2 Å². The molecule has 0 aromatic carbocycles. The van der Waals surface area contributed by atoms with Gasteiger partial charge in [0.2, 0.25) is 6.29 Å². The highest BCUT2D eigenvalue weighted by Gasteiger charge is 2.92. The number of ketones is 1. The lowest BCUT2D eigenvalue weighted by molar-refractivity contribution is -0.391. The number of fused-ring (bicyclic) bond motifs is 1. The minimum absolute atomic E-state index is 0.0283. The first kappa shape index (κ1) is 33.6. The van der Waals surface area contributed by atoms with Crippen LogP contribution in [-0.4, -0.2) is 94.1 Å². The number of hydrogen-bond donors (Lipinski definition) is 3. The van der Waals surface area contributed by atoms with E-state index in [1.165, 1.54) is 13.2 Å². The molecule has 7 rings (SSSR count). The van der Waals surface area contributed by atoms with Crippen molar-refractivity contribution >= 4 is 23.7 Å². The van der Waals surface area contributed by atoms with E-state index in [1.54, 1.807) is 33.1 Å². The molecule has 6 fully saturated rings. The molecule has 6 aliphatic rings. The molecular formula is C35H46O13. The highest BCUT2D eigenvalue weighted by atomic mass is 16.7. The van der Waals surface area contributed by atoms with E-state index < -0.39 is 112 Å². The topological polar surface area (TPSA) is 192 Å². The van der Waals surface area contributed by atoms with Gasteiger partial charge in [-0.05, 0) is 43.7 Å². The molecule has 1 spiro atoms. The Balaban J connectivity index is 1.42. The summed E-state index contributed by atoms with van der Waals surface area (Å²) in [6, 6.07) is 1.80. The molecule has 13 heteroatoms. The number of aliphatic hydroxyl groups is 3. The first-order valence-corrected chi connectivity index (χ1v) is 16.9. The van der Waals surface area contributed by atoms with E-state index in [9.17, 15) is 29.7 Å². The Morgan fingerprint density at radius 1 is 1.02 bits per heavy atom. The third-order valence-electron chi connectivity index (χ3n) is 13.9. The summed E-state index contributed by atoms with van der Waals surface area (Å²) in [5, 5.41) is 37.2. The van der Waals surface area contributed by atoms with Crippen LogP contribution in [0.5, 0.6) is 0 Å². The highest BCUT2D eigenvalue weighted by Crippen LogP contribution is 2.82. The van der Waals surface area contributed by atoms with Gasteiger partial charge in [-0.15, -0.1) is 0 Å². The van der Waals surface area contributed by atoms with Gasteiger partial charge < -0.3 is 43.4 Å². The lowest BCUT2D eigenvalue weighted by Gasteiger charge is -2.73. The lowest BCUT2D eigenvalue weighted by Crippen LogP contribution is -2.84. The Morgan fingerprint density at radius 3 is 2.31 bits per heavy atom. The smallest absolute Gasteiger partial charge is 0.310 e. The molecule has 4 aliphatic carbocycles. The second-order valence-electron chi connectivity index (χ2n) is 15.7. The maximum atomic E-state index is 15.0. The number of carbonyl (C=O) groups is 4. The van der Waals surface area contributed by atoms with Crippen molar-refractivity contribution in [3.63, 3.8) is 0 Å². The summed E-state index contributed by atoms with van der Waals surface area (Å²) in [6.45, 7) is 10.8. The minimum Gasteiger partial charge on any atom is -0.472 e. The summed E-state index contributed by atoms with van der Waals surface area (Å²) in [5.74, 6) is -5.68. The summed E-state index contributed by atoms with van der Waals surface area (Å²) in [7, 11) is 0. The number of furan rings is 1. The molecule has 16 atom stereocenters. The molecule has 48 heavy (non-hydrogen) atoms. The number of aliphatic hydroxyl groups excluding tert-OH is 3. The second-order valence-corrected chi connectivity index (χ2v) is 15.7. The van der Waals surface area contributed by atoms with Crippen LogP contribution in [0.2, 0.25) is 0 Å². The van der Waals surface area contributed by atoms with Gasteiger partial charge in [-0.2, -0.15) is 0 Å². The molecule has 0 unspecified atom stereocenters. The Bertz CT molecular complexity index is 1530. The van der Waals surface area contributed by atoms with Crippen molar-refractivity contribution in [1.29, 1.82) is 0 Å². The molecule has 264 valence electrons. The van der Waals surface area contributed by atoms with Gasteiger partial charge in [0.25, 0.3) is 0 Å². The van der Waals surface area contributed by atoms with E-state index in [0.29, 0.717) is 12.8 Å². The monoisotopic (exact) mass is 674 g/mol. The van der Waals surface area contributed by atoms with Gasteiger partial charge in [-0.25, -0.2) is 0 Å². The van der Waals surface area contributed by atoms with Crippen molar-refractivity contribution in [1.82, 2.24) is 0 Å². The molecule has 3 heterocycles. The molecular weight excluding hydrogens is 628 g/mol. The van der Waals surface area contributed by atoms with Gasteiger partial charge in [0.05, 0.1) is 42.7 Å². The van der Waals surface area contributed by atoms with E-state index in [2.05, 4.69) is 0 Å². The van der Waals surface area contributed by atoms with Crippen LogP contribution >= 0.6 is 0 Å². The molecule has 13 nitrogen and oxygen atoms in total. The van der Waals surface area contributed by atoms with Crippen LogP contribution in [0.25, 0.3) is 0 Å². The van der Waals surface area contributed by atoms with E-state index >= 15 is 4.79 Å². The summed E-state index contributed by atoms with van der Waals surface area (Å²) in [4.78, 5) is 53.5. The second kappa shape index (κ2) is 10.6. The van der Waals surface area contributed by atoms with Gasteiger partial charge in [-0.1, -0.05) is 27.7 Å². The number of carbonyl (C=O) groups excluding carboxylic acids is 4. The molecule has 0 amide bonds. The third kappa shape index (κ3) is 3.74. The highest BCUT2D eigenvalue weighted by molar-refractivity contribution is 5.91. The zero-order valence-corrected chi connectivity index (χ0v) is 28.3. The maximum Gasteiger partial charge on any atom is 0.310 e. The van der Waals surface area contributed by atoms with E-state index in [-0.39, 0.29) is 18.9 Å². The average Bonchev–Trinajstić information content (AvgIpc) is 3.39. The van der Waals surface area contributed by atoms with Crippen LogP contribution in [0, 0.1) is 39.4 Å². The van der Waals surface area contributed by atoms with E-state index in [1.807, 2.05) is 13.8 Å². The summed E-state index contributed by atoms with van der Waals surface area (Å²) in [5.41, 5.74) is -6.04. The average molecular weight is 675 g/mol. The van der Waals surface area contributed by atoms with Gasteiger partial charge in [0.1, 0.15) is 17.8 Å². The zero-order valence-electron chi connectivity index (χ0n) is 28.3. The standard InChI is InChI=1S/C35H46O13/c1-8-15(2)29(42)47-30-31(5)20-12-21(38)33(7)25(34(20,14-44-30)27(41)24(45-16(3)36)28(31)46-17(4)37)23(39)26(40)32(6)19(18-9-10-43-13-18)11-22-35(32,33)48-22/h9-10,13,15,19-22,24-28,30,38,40-41H,8,11-12,14H2,1-7H3/t15-,19-,20-,21+,22+,24+,25-,26-,27-,28+,30-,31+,32+,33+,34-,35+/m0/s1. The van der Waals surface area contributed by atoms with E-state index in [4.69, 9.17) is 28.1 Å². The normalized spacial score (nSPS) is 50.6. The largest absolute Gasteiger partial charge is 0.472 e. The summed E-state index contributed by atoms with van der Waals surface area (Å²) >= 11 is 0. The van der Waals surface area contributed by atoms with Gasteiger partial charge >= 0.3 is 17.9 Å². The Labute approximate surface area is 278 Å². The number of rotatable bonds is 6. The van der Waals surface area contributed by atoms with Crippen LogP contribution in [0.15, 0.2) is 23.0 Å². The molecule has 2 aliphatic heterocycles. The predicted molar refractivity (Wildman–Crippen MR) is 161 cm³/mol. The van der Waals surface area contributed by atoms with Crippen molar-refractivity contribution in [3.8, 4) is 0 Å². The van der Waals surface area contributed by atoms with Gasteiger partial charge in [0, 0.05) is 41.9 Å². The van der Waals surface area contributed by atoms with Crippen LogP contribution in [0.3, 0.4) is 0 Å². The molecule has 3 N–H and O–H groups in total. The lowest BCUT2D eigenvalue weighted by atomic mass is 9.33. The number of hydrogen-bond acceptors (Lipinski definition) is 13. The summed E-state index contributed by atoms with van der Waals surface area (Å²) < 4.78 is 35.9. The van der Waals surface area contributed by atoms with Gasteiger partial charge in [-0.3, -0.25) is 19.2 Å². The maximum absolute atomic E-state index is 15.0. The summed E-state index contributed by atoms with van der Waals surface area (Å²) in [6.07, 6.45) is -5.09. The molecule has 1 aromatic heterocycles. The molecule has 2 saturated heterocycles. The molecule has 1 aromatic rings. The quantitative estimate of drug-likeness (QED) is 0.226. The van der Waals surface area contributed by atoms with Crippen molar-refractivity contribution in [2.75, 3.05) is 6.61 Å². The van der Waals surface area contributed by atoms with Crippen molar-refractivity contribution in [2.45, 2.75) is 122 Å².